The molecular weight excluding hydrogens is 290 g/mol. The summed E-state index contributed by atoms with van der Waals surface area (Å²) in [7, 11) is 0. The molecule has 0 saturated carbocycles. The van der Waals surface area contributed by atoms with E-state index in [0.29, 0.717) is 0 Å². The monoisotopic (exact) mass is 315 g/mol. The van der Waals surface area contributed by atoms with Crippen LogP contribution < -0.4 is 0 Å². The second-order valence-electron chi connectivity index (χ2n) is 6.50. The van der Waals surface area contributed by atoms with E-state index in [-0.39, 0.29) is 17.9 Å². The predicted molar refractivity (Wildman–Crippen MR) is 88.2 cm³/mol. The molecule has 0 radical (unpaired) electrons. The second kappa shape index (κ2) is 6.60. The molecule has 2 aromatic rings. The number of hydrogen-bond acceptors (Lipinski definition) is 3. The summed E-state index contributed by atoms with van der Waals surface area (Å²) in [5.41, 5.74) is 1.01. The number of likely N-dealkylation sites (tertiary alicyclic amines) is 1. The zero-order valence-electron chi connectivity index (χ0n) is 14.2. The largest absolute Gasteiger partial charge is 0.466 e. The van der Waals surface area contributed by atoms with Gasteiger partial charge in [-0.15, -0.1) is 0 Å². The van der Waals surface area contributed by atoms with Gasteiger partial charge in [0.1, 0.15) is 11.5 Å². The van der Waals surface area contributed by atoms with Gasteiger partial charge >= 0.3 is 0 Å². The highest BCUT2D eigenvalue weighted by Gasteiger charge is 2.31. The Morgan fingerprint density at radius 3 is 2.91 bits per heavy atom. The Labute approximate surface area is 137 Å². The maximum atomic E-state index is 13.1. The molecule has 2 atom stereocenters. The van der Waals surface area contributed by atoms with Crippen LogP contribution in [0.5, 0.6) is 0 Å². The lowest BCUT2D eigenvalue weighted by atomic mass is 9.95. The maximum Gasteiger partial charge on any atom is 0.230 e. The molecule has 5 nitrogen and oxygen atoms in total. The van der Waals surface area contributed by atoms with Crippen LogP contribution in [-0.4, -0.2) is 33.2 Å². The van der Waals surface area contributed by atoms with Gasteiger partial charge in [0.2, 0.25) is 5.91 Å². The standard InChI is InChI=1S/C18H25N3O2/c1-13-11-17(15(3)23-13)14(2)18(22)21-10-5-4-7-16(21)12-20-9-6-8-19-20/h6,8-9,11,14,16H,4-5,7,10,12H2,1-3H3. The molecule has 2 aromatic heterocycles. The summed E-state index contributed by atoms with van der Waals surface area (Å²) in [6, 6.07) is 4.14. The molecule has 0 bridgehead atoms. The zero-order chi connectivity index (χ0) is 16.4. The molecule has 1 aliphatic rings. The topological polar surface area (TPSA) is 51.3 Å². The third-order valence-electron chi connectivity index (χ3n) is 4.78. The lowest BCUT2D eigenvalue weighted by Crippen LogP contribution is -2.47. The van der Waals surface area contributed by atoms with Crippen LogP contribution in [0.3, 0.4) is 0 Å². The summed E-state index contributed by atoms with van der Waals surface area (Å²) in [6.07, 6.45) is 7.05. The van der Waals surface area contributed by atoms with Gasteiger partial charge in [-0.2, -0.15) is 5.10 Å². The summed E-state index contributed by atoms with van der Waals surface area (Å²) < 4.78 is 7.53. The van der Waals surface area contributed by atoms with Crippen molar-refractivity contribution in [3.63, 3.8) is 0 Å². The van der Waals surface area contributed by atoms with Crippen LogP contribution >= 0.6 is 0 Å². The first kappa shape index (κ1) is 15.8. The highest BCUT2D eigenvalue weighted by Crippen LogP contribution is 2.28. The third-order valence-corrected chi connectivity index (χ3v) is 4.78. The number of rotatable bonds is 4. The van der Waals surface area contributed by atoms with Gasteiger partial charge in [0.05, 0.1) is 18.5 Å². The summed E-state index contributed by atoms with van der Waals surface area (Å²) >= 11 is 0. The molecule has 5 heteroatoms. The average molecular weight is 315 g/mol. The van der Waals surface area contributed by atoms with Crippen LogP contribution in [0, 0.1) is 13.8 Å². The minimum atomic E-state index is -0.161. The van der Waals surface area contributed by atoms with E-state index in [4.69, 9.17) is 4.42 Å². The van der Waals surface area contributed by atoms with Crippen LogP contribution in [0.15, 0.2) is 28.9 Å². The number of aryl methyl sites for hydroxylation is 2. The van der Waals surface area contributed by atoms with Gasteiger partial charge in [-0.1, -0.05) is 0 Å². The van der Waals surface area contributed by atoms with Gasteiger partial charge in [0.15, 0.2) is 0 Å². The van der Waals surface area contributed by atoms with Crippen LogP contribution in [-0.2, 0) is 11.3 Å². The molecule has 23 heavy (non-hydrogen) atoms. The van der Waals surface area contributed by atoms with E-state index in [1.165, 1.54) is 6.42 Å². The van der Waals surface area contributed by atoms with Gasteiger partial charge in [0.25, 0.3) is 0 Å². The van der Waals surface area contributed by atoms with E-state index in [0.717, 1.165) is 43.0 Å². The first-order valence-electron chi connectivity index (χ1n) is 8.41. The third kappa shape index (κ3) is 3.33. The smallest absolute Gasteiger partial charge is 0.230 e. The number of aromatic nitrogens is 2. The first-order valence-corrected chi connectivity index (χ1v) is 8.41. The van der Waals surface area contributed by atoms with Gasteiger partial charge < -0.3 is 9.32 Å². The number of furan rings is 1. The Balaban J connectivity index is 1.76. The molecule has 124 valence electrons. The summed E-state index contributed by atoms with van der Waals surface area (Å²) in [4.78, 5) is 15.1. The van der Waals surface area contributed by atoms with Crippen molar-refractivity contribution in [2.75, 3.05) is 6.54 Å². The van der Waals surface area contributed by atoms with Crippen molar-refractivity contribution >= 4 is 5.91 Å². The Bertz CT molecular complexity index is 660. The molecule has 2 unspecified atom stereocenters. The molecular formula is C18H25N3O2. The molecule has 1 aliphatic heterocycles. The summed E-state index contributed by atoms with van der Waals surface area (Å²) in [5.74, 6) is 1.75. The van der Waals surface area contributed by atoms with Crippen LogP contribution in [0.4, 0.5) is 0 Å². The van der Waals surface area contributed by atoms with Crippen molar-refractivity contribution in [1.82, 2.24) is 14.7 Å². The van der Waals surface area contributed by atoms with E-state index in [2.05, 4.69) is 10.00 Å². The quantitative estimate of drug-likeness (QED) is 0.870. The van der Waals surface area contributed by atoms with Crippen LogP contribution in [0.2, 0.25) is 0 Å². The molecule has 0 aromatic carbocycles. The highest BCUT2D eigenvalue weighted by atomic mass is 16.3. The molecule has 3 heterocycles. The molecule has 3 rings (SSSR count). The van der Waals surface area contributed by atoms with Crippen molar-refractivity contribution in [1.29, 1.82) is 0 Å². The first-order chi connectivity index (χ1) is 11.1. The normalized spacial score (nSPS) is 19.8. The lowest BCUT2D eigenvalue weighted by Gasteiger charge is -2.37. The van der Waals surface area contributed by atoms with Crippen LogP contribution in [0.1, 0.15) is 49.2 Å². The Hall–Kier alpha value is -2.04. The molecule has 0 spiro atoms. The Morgan fingerprint density at radius 1 is 1.43 bits per heavy atom. The SMILES string of the molecule is Cc1cc(C(C)C(=O)N2CCCCC2Cn2cccn2)c(C)o1. The van der Waals surface area contributed by atoms with Gasteiger partial charge in [-0.3, -0.25) is 9.48 Å². The van der Waals surface area contributed by atoms with Crippen molar-refractivity contribution in [2.45, 2.75) is 58.5 Å². The predicted octanol–water partition coefficient (Wildman–Crippen LogP) is 3.28. The van der Waals surface area contributed by atoms with E-state index in [1.807, 2.05) is 43.8 Å². The molecule has 0 aliphatic carbocycles. The van der Waals surface area contributed by atoms with E-state index < -0.39 is 0 Å². The lowest BCUT2D eigenvalue weighted by molar-refractivity contribution is -0.136. The van der Waals surface area contributed by atoms with Crippen molar-refractivity contribution in [3.05, 3.63) is 41.6 Å². The Kier molecular flexibility index (Phi) is 4.55. The van der Waals surface area contributed by atoms with Gasteiger partial charge in [-0.05, 0) is 52.2 Å². The van der Waals surface area contributed by atoms with E-state index in [1.54, 1.807) is 6.20 Å². The fraction of sp³-hybridized carbons (Fsp3) is 0.556. The van der Waals surface area contributed by atoms with E-state index >= 15 is 0 Å². The molecule has 0 N–H and O–H groups in total. The fourth-order valence-corrected chi connectivity index (χ4v) is 3.57. The number of nitrogens with zero attached hydrogens (tertiary/aromatic N) is 3. The minimum Gasteiger partial charge on any atom is -0.466 e. The van der Waals surface area contributed by atoms with Crippen molar-refractivity contribution < 1.29 is 9.21 Å². The summed E-state index contributed by atoms with van der Waals surface area (Å²) in [6.45, 7) is 7.46. The van der Waals surface area contributed by atoms with Gasteiger partial charge in [0, 0.05) is 24.5 Å². The van der Waals surface area contributed by atoms with Crippen molar-refractivity contribution in [2.24, 2.45) is 0 Å². The summed E-state index contributed by atoms with van der Waals surface area (Å²) in [5, 5.41) is 4.29. The maximum absolute atomic E-state index is 13.1. The van der Waals surface area contributed by atoms with Crippen LogP contribution in [0.25, 0.3) is 0 Å². The fourth-order valence-electron chi connectivity index (χ4n) is 3.57. The Morgan fingerprint density at radius 2 is 2.26 bits per heavy atom. The molecule has 1 saturated heterocycles. The highest BCUT2D eigenvalue weighted by molar-refractivity contribution is 5.84. The average Bonchev–Trinajstić information content (AvgIpc) is 3.16. The number of amides is 1. The minimum absolute atomic E-state index is 0.161. The molecule has 1 amide bonds. The number of carbonyl (C=O) groups excluding carboxylic acids is 1. The number of hydrogen-bond donors (Lipinski definition) is 0. The van der Waals surface area contributed by atoms with E-state index in [9.17, 15) is 4.79 Å². The number of piperidine rings is 1. The van der Waals surface area contributed by atoms with Gasteiger partial charge in [-0.25, -0.2) is 0 Å². The second-order valence-corrected chi connectivity index (χ2v) is 6.50. The number of carbonyl (C=O) groups is 1. The van der Waals surface area contributed by atoms with Crippen molar-refractivity contribution in [3.8, 4) is 0 Å². The zero-order valence-corrected chi connectivity index (χ0v) is 14.2. The molecule has 1 fully saturated rings.